The van der Waals surface area contributed by atoms with Gasteiger partial charge in [0, 0.05) is 17.3 Å². The summed E-state index contributed by atoms with van der Waals surface area (Å²) < 4.78 is 5.27. The van der Waals surface area contributed by atoms with Gasteiger partial charge in [0.05, 0.1) is 19.3 Å². The average molecular weight is 444 g/mol. The molecule has 2 amide bonds. The van der Waals surface area contributed by atoms with Crippen LogP contribution in [0.3, 0.4) is 0 Å². The quantitative estimate of drug-likeness (QED) is 0.545. The zero-order valence-corrected chi connectivity index (χ0v) is 19.0. The SMILES string of the molecule is COc1ccccc1NC(=O)c1ccc(NC(=O)CN(C)C2CCCc3ccccc32)cc1. The van der Waals surface area contributed by atoms with E-state index in [0.717, 1.165) is 19.3 Å². The van der Waals surface area contributed by atoms with Crippen LogP contribution < -0.4 is 15.4 Å². The highest BCUT2D eigenvalue weighted by molar-refractivity contribution is 6.05. The van der Waals surface area contributed by atoms with Crippen LogP contribution in [-0.2, 0) is 11.2 Å². The molecule has 4 rings (SSSR count). The van der Waals surface area contributed by atoms with Gasteiger partial charge in [0.1, 0.15) is 5.75 Å². The number of fused-ring (bicyclic) bond motifs is 1. The van der Waals surface area contributed by atoms with E-state index in [1.54, 1.807) is 43.5 Å². The topological polar surface area (TPSA) is 70.7 Å². The van der Waals surface area contributed by atoms with Crippen LogP contribution >= 0.6 is 0 Å². The Morgan fingerprint density at radius 3 is 2.48 bits per heavy atom. The fraction of sp³-hybridized carbons (Fsp3) is 0.259. The summed E-state index contributed by atoms with van der Waals surface area (Å²) in [5.74, 6) is 0.277. The smallest absolute Gasteiger partial charge is 0.255 e. The fourth-order valence-electron chi connectivity index (χ4n) is 4.37. The number of hydrogen-bond donors (Lipinski definition) is 2. The maximum absolute atomic E-state index is 12.7. The number of carbonyl (C=O) groups is 2. The van der Waals surface area contributed by atoms with Gasteiger partial charge in [0.15, 0.2) is 0 Å². The molecule has 0 aromatic heterocycles. The van der Waals surface area contributed by atoms with Crippen molar-refractivity contribution < 1.29 is 14.3 Å². The lowest BCUT2D eigenvalue weighted by Crippen LogP contribution is -2.34. The van der Waals surface area contributed by atoms with Crippen LogP contribution in [0.25, 0.3) is 0 Å². The first kappa shape index (κ1) is 22.6. The molecule has 0 spiro atoms. The van der Waals surface area contributed by atoms with Crippen molar-refractivity contribution in [2.24, 2.45) is 0 Å². The zero-order chi connectivity index (χ0) is 23.2. The molecule has 6 heteroatoms. The van der Waals surface area contributed by atoms with Gasteiger partial charge in [0.2, 0.25) is 5.91 Å². The number of methoxy groups -OCH3 is 1. The third kappa shape index (κ3) is 5.41. The lowest BCUT2D eigenvalue weighted by atomic mass is 9.87. The number of likely N-dealkylation sites (N-methyl/N-ethyl adjacent to an activating group) is 1. The summed E-state index contributed by atoms with van der Waals surface area (Å²) in [6.07, 6.45) is 3.28. The van der Waals surface area contributed by atoms with Crippen molar-refractivity contribution in [2.75, 3.05) is 31.3 Å². The molecule has 1 atom stereocenters. The minimum absolute atomic E-state index is 0.0771. The summed E-state index contributed by atoms with van der Waals surface area (Å²) in [7, 11) is 3.56. The van der Waals surface area contributed by atoms with Crippen molar-refractivity contribution in [3.63, 3.8) is 0 Å². The Kier molecular flexibility index (Phi) is 7.05. The van der Waals surface area contributed by atoms with Crippen LogP contribution in [0.4, 0.5) is 11.4 Å². The first-order chi connectivity index (χ1) is 16.0. The van der Waals surface area contributed by atoms with Gasteiger partial charge in [-0.05, 0) is 73.8 Å². The second-order valence-electron chi connectivity index (χ2n) is 8.30. The van der Waals surface area contributed by atoms with E-state index in [1.807, 2.05) is 19.2 Å². The molecule has 0 saturated carbocycles. The molecule has 170 valence electrons. The third-order valence-electron chi connectivity index (χ3n) is 6.05. The first-order valence-electron chi connectivity index (χ1n) is 11.2. The second-order valence-corrected chi connectivity index (χ2v) is 8.30. The molecule has 0 heterocycles. The highest BCUT2D eigenvalue weighted by Gasteiger charge is 2.24. The summed E-state index contributed by atoms with van der Waals surface area (Å²) in [5, 5.41) is 5.79. The molecule has 0 bridgehead atoms. The van der Waals surface area contributed by atoms with Crippen LogP contribution in [0.2, 0.25) is 0 Å². The molecule has 1 aliphatic rings. The van der Waals surface area contributed by atoms with E-state index >= 15 is 0 Å². The van der Waals surface area contributed by atoms with E-state index in [9.17, 15) is 9.59 Å². The van der Waals surface area contributed by atoms with Crippen molar-refractivity contribution in [1.82, 2.24) is 4.90 Å². The Morgan fingerprint density at radius 1 is 0.970 bits per heavy atom. The van der Waals surface area contributed by atoms with Crippen molar-refractivity contribution >= 4 is 23.2 Å². The molecule has 0 saturated heterocycles. The predicted molar refractivity (Wildman–Crippen MR) is 131 cm³/mol. The van der Waals surface area contributed by atoms with E-state index < -0.39 is 0 Å². The summed E-state index contributed by atoms with van der Waals surface area (Å²) in [6, 6.07) is 22.9. The standard InChI is InChI=1S/C27H29N3O3/c1-30(24-12-7-9-19-8-3-4-10-22(19)24)18-26(31)28-21-16-14-20(15-17-21)27(32)29-23-11-5-6-13-25(23)33-2/h3-6,8,10-11,13-17,24H,7,9,12,18H2,1-2H3,(H,28,31)(H,29,32). The van der Waals surface area contributed by atoms with Gasteiger partial charge in [-0.1, -0.05) is 36.4 Å². The summed E-state index contributed by atoms with van der Waals surface area (Å²) in [4.78, 5) is 27.4. The number of para-hydroxylation sites is 2. The molecule has 3 aromatic rings. The van der Waals surface area contributed by atoms with Crippen molar-refractivity contribution in [3.8, 4) is 5.75 Å². The van der Waals surface area contributed by atoms with Crippen LogP contribution in [-0.4, -0.2) is 37.4 Å². The molecule has 1 aliphatic carbocycles. The van der Waals surface area contributed by atoms with Crippen LogP contribution in [0.1, 0.15) is 40.4 Å². The molecular formula is C27H29N3O3. The molecular weight excluding hydrogens is 414 g/mol. The number of benzene rings is 3. The number of nitrogens with zero attached hydrogens (tertiary/aromatic N) is 1. The zero-order valence-electron chi connectivity index (χ0n) is 19.0. The monoisotopic (exact) mass is 443 g/mol. The van der Waals surface area contributed by atoms with Crippen molar-refractivity contribution in [1.29, 1.82) is 0 Å². The number of ether oxygens (including phenoxy) is 1. The maximum Gasteiger partial charge on any atom is 0.255 e. The average Bonchev–Trinajstić information content (AvgIpc) is 2.84. The van der Waals surface area contributed by atoms with E-state index in [4.69, 9.17) is 4.74 Å². The predicted octanol–water partition coefficient (Wildman–Crippen LogP) is 4.90. The Labute approximate surface area is 194 Å². The largest absolute Gasteiger partial charge is 0.495 e. The minimum atomic E-state index is -0.243. The van der Waals surface area contributed by atoms with E-state index in [0.29, 0.717) is 29.2 Å². The molecule has 0 radical (unpaired) electrons. The lowest BCUT2D eigenvalue weighted by molar-refractivity contribution is -0.117. The fourth-order valence-corrected chi connectivity index (χ4v) is 4.37. The molecule has 0 fully saturated rings. The van der Waals surface area contributed by atoms with E-state index in [2.05, 4.69) is 39.8 Å². The Morgan fingerprint density at radius 2 is 1.70 bits per heavy atom. The highest BCUT2D eigenvalue weighted by Crippen LogP contribution is 2.33. The van der Waals surface area contributed by atoms with Gasteiger partial charge in [-0.3, -0.25) is 14.5 Å². The summed E-state index contributed by atoms with van der Waals surface area (Å²) in [6.45, 7) is 0.301. The molecule has 3 aromatic carbocycles. The second kappa shape index (κ2) is 10.3. The molecule has 2 N–H and O–H groups in total. The van der Waals surface area contributed by atoms with Gasteiger partial charge in [-0.25, -0.2) is 0 Å². The first-order valence-corrected chi connectivity index (χ1v) is 11.2. The van der Waals surface area contributed by atoms with Gasteiger partial charge in [-0.2, -0.15) is 0 Å². The Hall–Kier alpha value is -3.64. The number of rotatable bonds is 7. The van der Waals surface area contributed by atoms with Crippen molar-refractivity contribution in [3.05, 3.63) is 89.5 Å². The summed E-state index contributed by atoms with van der Waals surface area (Å²) in [5.41, 5.74) is 4.46. The van der Waals surface area contributed by atoms with Crippen LogP contribution in [0.5, 0.6) is 5.75 Å². The van der Waals surface area contributed by atoms with E-state index in [-0.39, 0.29) is 17.9 Å². The number of aryl methyl sites for hydroxylation is 1. The van der Waals surface area contributed by atoms with Crippen LogP contribution in [0.15, 0.2) is 72.8 Å². The normalized spacial score (nSPS) is 14.9. The van der Waals surface area contributed by atoms with E-state index in [1.165, 1.54) is 11.1 Å². The maximum atomic E-state index is 12.7. The third-order valence-corrected chi connectivity index (χ3v) is 6.05. The van der Waals surface area contributed by atoms with Crippen LogP contribution in [0, 0.1) is 0 Å². The van der Waals surface area contributed by atoms with Gasteiger partial charge in [0.25, 0.3) is 5.91 Å². The van der Waals surface area contributed by atoms with Crippen molar-refractivity contribution in [2.45, 2.75) is 25.3 Å². The number of carbonyl (C=O) groups excluding carboxylic acids is 2. The molecule has 6 nitrogen and oxygen atoms in total. The number of amides is 2. The Balaban J connectivity index is 1.34. The Bertz CT molecular complexity index is 1130. The van der Waals surface area contributed by atoms with Gasteiger partial charge < -0.3 is 15.4 Å². The highest BCUT2D eigenvalue weighted by atomic mass is 16.5. The number of anilines is 2. The lowest BCUT2D eigenvalue weighted by Gasteiger charge is -2.32. The minimum Gasteiger partial charge on any atom is -0.495 e. The summed E-state index contributed by atoms with van der Waals surface area (Å²) >= 11 is 0. The molecule has 1 unspecified atom stereocenters. The van der Waals surface area contributed by atoms with Gasteiger partial charge >= 0.3 is 0 Å². The molecule has 33 heavy (non-hydrogen) atoms. The number of hydrogen-bond acceptors (Lipinski definition) is 4. The number of nitrogens with one attached hydrogen (secondary N) is 2. The molecule has 0 aliphatic heterocycles. The van der Waals surface area contributed by atoms with Gasteiger partial charge in [-0.15, -0.1) is 0 Å².